The van der Waals surface area contributed by atoms with E-state index in [0.29, 0.717) is 17.3 Å². The molecule has 0 amide bonds. The van der Waals surface area contributed by atoms with Crippen LogP contribution in [0.25, 0.3) is 5.69 Å². The molecule has 0 saturated carbocycles. The van der Waals surface area contributed by atoms with Crippen LogP contribution in [0.3, 0.4) is 0 Å². The van der Waals surface area contributed by atoms with Crippen molar-refractivity contribution in [1.82, 2.24) is 20.2 Å². The molecule has 1 atom stereocenters. The monoisotopic (exact) mass is 355 g/mol. The van der Waals surface area contributed by atoms with Crippen molar-refractivity contribution in [3.05, 3.63) is 65.7 Å². The number of hydrogen-bond acceptors (Lipinski definition) is 6. The Labute approximate surface area is 148 Å². The minimum atomic E-state index is -0.998. The van der Waals surface area contributed by atoms with Gasteiger partial charge in [-0.2, -0.15) is 4.68 Å². The molecule has 0 radical (unpaired) electrons. The molecule has 0 fully saturated rings. The number of aromatic nitrogens is 4. The first-order chi connectivity index (χ1) is 12.1. The SMILES string of the molecule is NC(Cc1cccc(CSc2nnnn2-c2ccccc2)c1)C(=O)O. The van der Waals surface area contributed by atoms with E-state index in [0.717, 1.165) is 16.8 Å². The average Bonchev–Trinajstić information content (AvgIpc) is 3.09. The zero-order valence-corrected chi connectivity index (χ0v) is 14.1. The van der Waals surface area contributed by atoms with E-state index >= 15 is 0 Å². The van der Waals surface area contributed by atoms with Gasteiger partial charge in [-0.25, -0.2) is 0 Å². The van der Waals surface area contributed by atoms with Gasteiger partial charge in [-0.3, -0.25) is 4.79 Å². The van der Waals surface area contributed by atoms with Crippen LogP contribution in [0.15, 0.2) is 59.8 Å². The van der Waals surface area contributed by atoms with E-state index in [1.54, 1.807) is 4.68 Å². The fourth-order valence-corrected chi connectivity index (χ4v) is 3.17. The third-order valence-corrected chi connectivity index (χ3v) is 4.56. The second-order valence-electron chi connectivity index (χ2n) is 5.47. The highest BCUT2D eigenvalue weighted by Gasteiger charge is 2.13. The summed E-state index contributed by atoms with van der Waals surface area (Å²) in [6.45, 7) is 0. The molecule has 0 spiro atoms. The number of nitrogens with two attached hydrogens (primary N) is 1. The third-order valence-electron chi connectivity index (χ3n) is 3.57. The van der Waals surface area contributed by atoms with Gasteiger partial charge in [-0.15, -0.1) is 5.10 Å². The van der Waals surface area contributed by atoms with Crippen LogP contribution in [0.2, 0.25) is 0 Å². The fraction of sp³-hybridized carbons (Fsp3) is 0.176. The first-order valence-corrected chi connectivity index (χ1v) is 8.65. The topological polar surface area (TPSA) is 107 Å². The number of nitrogens with zero attached hydrogens (tertiary/aromatic N) is 4. The average molecular weight is 355 g/mol. The number of para-hydroxylation sites is 1. The molecule has 1 aromatic heterocycles. The number of carbonyl (C=O) groups is 1. The lowest BCUT2D eigenvalue weighted by molar-refractivity contribution is -0.138. The van der Waals surface area contributed by atoms with Crippen LogP contribution in [-0.2, 0) is 17.0 Å². The van der Waals surface area contributed by atoms with E-state index in [1.807, 2.05) is 54.6 Å². The van der Waals surface area contributed by atoms with E-state index in [-0.39, 0.29) is 0 Å². The molecular weight excluding hydrogens is 338 g/mol. The van der Waals surface area contributed by atoms with Gasteiger partial charge < -0.3 is 10.8 Å². The standard InChI is InChI=1S/C17H17N5O2S/c18-15(16(23)24)10-12-5-4-6-13(9-12)11-25-17-19-20-21-22(17)14-7-2-1-3-8-14/h1-9,15H,10-11,18H2,(H,23,24). The second-order valence-corrected chi connectivity index (χ2v) is 6.41. The number of carboxylic acid groups (broad SMARTS) is 1. The minimum absolute atomic E-state index is 0.301. The Hall–Kier alpha value is -2.71. The van der Waals surface area contributed by atoms with Crippen molar-refractivity contribution in [2.24, 2.45) is 5.73 Å². The van der Waals surface area contributed by atoms with Crippen LogP contribution in [0.5, 0.6) is 0 Å². The van der Waals surface area contributed by atoms with Crippen LogP contribution in [0, 0.1) is 0 Å². The van der Waals surface area contributed by atoms with Crippen LogP contribution in [0.1, 0.15) is 11.1 Å². The van der Waals surface area contributed by atoms with Crippen LogP contribution >= 0.6 is 11.8 Å². The van der Waals surface area contributed by atoms with Crippen molar-refractivity contribution in [3.8, 4) is 5.69 Å². The van der Waals surface area contributed by atoms with Gasteiger partial charge in [0.15, 0.2) is 0 Å². The summed E-state index contributed by atoms with van der Waals surface area (Å²) in [7, 11) is 0. The van der Waals surface area contributed by atoms with E-state index in [4.69, 9.17) is 10.8 Å². The molecule has 25 heavy (non-hydrogen) atoms. The lowest BCUT2D eigenvalue weighted by Crippen LogP contribution is -2.32. The highest BCUT2D eigenvalue weighted by atomic mass is 32.2. The predicted octanol–water partition coefficient (Wildman–Crippen LogP) is 1.91. The van der Waals surface area contributed by atoms with E-state index in [9.17, 15) is 4.79 Å². The fourth-order valence-electron chi connectivity index (χ4n) is 2.34. The molecule has 1 unspecified atom stereocenters. The van der Waals surface area contributed by atoms with Crippen molar-refractivity contribution < 1.29 is 9.90 Å². The molecule has 8 heteroatoms. The van der Waals surface area contributed by atoms with Crippen LogP contribution in [0.4, 0.5) is 0 Å². The number of thioether (sulfide) groups is 1. The van der Waals surface area contributed by atoms with Gasteiger partial charge in [-0.05, 0) is 40.1 Å². The summed E-state index contributed by atoms with van der Waals surface area (Å²) in [5.74, 6) is -0.328. The van der Waals surface area contributed by atoms with Crippen molar-refractivity contribution in [2.45, 2.75) is 23.4 Å². The molecule has 3 rings (SSSR count). The molecule has 7 nitrogen and oxygen atoms in total. The van der Waals surface area contributed by atoms with Crippen LogP contribution < -0.4 is 5.73 Å². The summed E-state index contributed by atoms with van der Waals surface area (Å²) >= 11 is 1.51. The molecule has 0 saturated heterocycles. The summed E-state index contributed by atoms with van der Waals surface area (Å²) in [5, 5.41) is 21.5. The maximum atomic E-state index is 10.9. The molecule has 0 aliphatic heterocycles. The predicted molar refractivity (Wildman–Crippen MR) is 94.5 cm³/mol. The summed E-state index contributed by atoms with van der Waals surface area (Å²) in [6, 6.07) is 16.5. The lowest BCUT2D eigenvalue weighted by Gasteiger charge is -2.08. The number of rotatable bonds is 7. The van der Waals surface area contributed by atoms with Gasteiger partial charge in [-0.1, -0.05) is 54.2 Å². The van der Waals surface area contributed by atoms with Gasteiger partial charge in [0.25, 0.3) is 0 Å². The van der Waals surface area contributed by atoms with Crippen molar-refractivity contribution in [2.75, 3.05) is 0 Å². The molecule has 0 aliphatic rings. The number of tetrazole rings is 1. The molecule has 128 valence electrons. The number of carboxylic acids is 1. The summed E-state index contributed by atoms with van der Waals surface area (Å²) < 4.78 is 1.69. The van der Waals surface area contributed by atoms with E-state index < -0.39 is 12.0 Å². The van der Waals surface area contributed by atoms with Gasteiger partial charge >= 0.3 is 5.97 Å². The van der Waals surface area contributed by atoms with E-state index in [2.05, 4.69) is 15.5 Å². The van der Waals surface area contributed by atoms with Gasteiger partial charge in [0.1, 0.15) is 6.04 Å². The molecule has 0 bridgehead atoms. The molecular formula is C17H17N5O2S. The lowest BCUT2D eigenvalue weighted by atomic mass is 10.0. The Morgan fingerprint density at radius 2 is 1.92 bits per heavy atom. The normalized spacial score (nSPS) is 12.0. The van der Waals surface area contributed by atoms with Gasteiger partial charge in [0, 0.05) is 5.75 Å². The zero-order chi connectivity index (χ0) is 17.6. The number of aliphatic carboxylic acids is 1. The van der Waals surface area contributed by atoms with E-state index in [1.165, 1.54) is 11.8 Å². The largest absolute Gasteiger partial charge is 0.480 e. The number of hydrogen-bond donors (Lipinski definition) is 2. The Morgan fingerprint density at radius 1 is 1.16 bits per heavy atom. The molecule has 3 aromatic rings. The molecule has 2 aromatic carbocycles. The zero-order valence-electron chi connectivity index (χ0n) is 13.3. The van der Waals surface area contributed by atoms with Crippen LogP contribution in [-0.4, -0.2) is 37.3 Å². The summed E-state index contributed by atoms with van der Waals surface area (Å²) in [6.07, 6.45) is 0.301. The second kappa shape index (κ2) is 7.91. The molecule has 1 heterocycles. The van der Waals surface area contributed by atoms with Gasteiger partial charge in [0.2, 0.25) is 5.16 Å². The first-order valence-electron chi connectivity index (χ1n) is 7.66. The highest BCUT2D eigenvalue weighted by molar-refractivity contribution is 7.98. The Kier molecular flexibility index (Phi) is 5.42. The van der Waals surface area contributed by atoms with Gasteiger partial charge in [0.05, 0.1) is 5.69 Å². The quantitative estimate of drug-likeness (QED) is 0.623. The minimum Gasteiger partial charge on any atom is -0.480 e. The maximum absolute atomic E-state index is 10.9. The Bertz CT molecular complexity index is 853. The molecule has 3 N–H and O–H groups in total. The highest BCUT2D eigenvalue weighted by Crippen LogP contribution is 2.23. The van der Waals surface area contributed by atoms with Crippen molar-refractivity contribution >= 4 is 17.7 Å². The van der Waals surface area contributed by atoms with Crippen molar-refractivity contribution in [3.63, 3.8) is 0 Å². The third kappa shape index (κ3) is 4.43. The Morgan fingerprint density at radius 3 is 2.68 bits per heavy atom. The maximum Gasteiger partial charge on any atom is 0.320 e. The number of benzene rings is 2. The van der Waals surface area contributed by atoms with Crippen molar-refractivity contribution in [1.29, 1.82) is 0 Å². The smallest absolute Gasteiger partial charge is 0.320 e. The molecule has 0 aliphatic carbocycles. The summed E-state index contributed by atoms with van der Waals surface area (Å²) in [4.78, 5) is 10.9. The Balaban J connectivity index is 1.69. The first kappa shape index (κ1) is 17.1. The summed E-state index contributed by atoms with van der Waals surface area (Å²) in [5.41, 5.74) is 8.46.